The highest BCUT2D eigenvalue weighted by Gasteiger charge is 2.11. The minimum atomic E-state index is -0.398. The van der Waals surface area contributed by atoms with Crippen LogP contribution in [-0.2, 0) is 0 Å². The van der Waals surface area contributed by atoms with Gasteiger partial charge in [0.25, 0.3) is 0 Å². The maximum atomic E-state index is 10.1. The van der Waals surface area contributed by atoms with Crippen LogP contribution in [-0.4, -0.2) is 5.11 Å². The summed E-state index contributed by atoms with van der Waals surface area (Å²) >= 11 is 1.67. The SMILES string of the molecule is C=C(CC)CC(O)c1cc2ccccc2s1. The largest absolute Gasteiger partial charge is 0.387 e. The van der Waals surface area contributed by atoms with E-state index in [1.165, 1.54) is 10.1 Å². The van der Waals surface area contributed by atoms with Crippen LogP contribution in [0.25, 0.3) is 10.1 Å². The first kappa shape index (κ1) is 11.4. The molecule has 2 rings (SSSR count). The number of hydrogen-bond donors (Lipinski definition) is 1. The van der Waals surface area contributed by atoms with E-state index >= 15 is 0 Å². The third-order valence-corrected chi connectivity index (χ3v) is 3.97. The predicted molar refractivity (Wildman–Crippen MR) is 70.8 cm³/mol. The number of benzene rings is 1. The van der Waals surface area contributed by atoms with Crippen molar-refractivity contribution in [2.75, 3.05) is 0 Å². The molecule has 0 aliphatic carbocycles. The molecule has 0 amide bonds. The van der Waals surface area contributed by atoms with Crippen LogP contribution in [0.3, 0.4) is 0 Å². The van der Waals surface area contributed by atoms with Gasteiger partial charge in [-0.3, -0.25) is 0 Å². The summed E-state index contributed by atoms with van der Waals surface area (Å²) in [6.45, 7) is 6.01. The molecule has 2 aromatic rings. The van der Waals surface area contributed by atoms with E-state index in [1.54, 1.807) is 11.3 Å². The first-order valence-electron chi connectivity index (χ1n) is 5.54. The van der Waals surface area contributed by atoms with E-state index in [4.69, 9.17) is 0 Å². The molecule has 0 spiro atoms. The van der Waals surface area contributed by atoms with Crippen LogP contribution in [0.15, 0.2) is 42.5 Å². The molecule has 2 heteroatoms. The van der Waals surface area contributed by atoms with Crippen molar-refractivity contribution >= 4 is 21.4 Å². The molecule has 0 saturated carbocycles. The fourth-order valence-electron chi connectivity index (χ4n) is 1.68. The average Bonchev–Trinajstić information content (AvgIpc) is 2.72. The van der Waals surface area contributed by atoms with Gasteiger partial charge in [-0.1, -0.05) is 37.3 Å². The molecule has 0 bridgehead atoms. The number of aliphatic hydroxyl groups excluding tert-OH is 1. The first-order valence-corrected chi connectivity index (χ1v) is 6.35. The molecule has 1 N–H and O–H groups in total. The van der Waals surface area contributed by atoms with Crippen LogP contribution in [0.5, 0.6) is 0 Å². The molecular weight excluding hydrogens is 216 g/mol. The summed E-state index contributed by atoms with van der Waals surface area (Å²) in [7, 11) is 0. The summed E-state index contributed by atoms with van der Waals surface area (Å²) in [5.41, 5.74) is 1.10. The summed E-state index contributed by atoms with van der Waals surface area (Å²) in [5, 5.41) is 11.3. The van der Waals surface area contributed by atoms with Crippen molar-refractivity contribution in [3.63, 3.8) is 0 Å². The quantitative estimate of drug-likeness (QED) is 0.780. The molecule has 1 atom stereocenters. The molecule has 0 aliphatic rings. The maximum absolute atomic E-state index is 10.1. The second kappa shape index (κ2) is 4.81. The lowest BCUT2D eigenvalue weighted by molar-refractivity contribution is 0.181. The Labute approximate surface area is 100 Å². The van der Waals surface area contributed by atoms with Crippen molar-refractivity contribution < 1.29 is 5.11 Å². The van der Waals surface area contributed by atoms with Gasteiger partial charge in [0.05, 0.1) is 6.10 Å². The third-order valence-electron chi connectivity index (χ3n) is 2.76. The van der Waals surface area contributed by atoms with E-state index in [1.807, 2.05) is 12.1 Å². The van der Waals surface area contributed by atoms with E-state index in [0.717, 1.165) is 16.9 Å². The number of thiophene rings is 1. The van der Waals surface area contributed by atoms with E-state index < -0.39 is 6.10 Å². The number of rotatable bonds is 4. The lowest BCUT2D eigenvalue weighted by Crippen LogP contribution is -1.95. The van der Waals surface area contributed by atoms with Crippen LogP contribution >= 0.6 is 11.3 Å². The molecule has 0 saturated heterocycles. The second-order valence-electron chi connectivity index (χ2n) is 4.01. The molecule has 1 heterocycles. The number of hydrogen-bond acceptors (Lipinski definition) is 2. The van der Waals surface area contributed by atoms with E-state index in [0.29, 0.717) is 6.42 Å². The van der Waals surface area contributed by atoms with Crippen LogP contribution in [0.2, 0.25) is 0 Å². The van der Waals surface area contributed by atoms with Gasteiger partial charge in [0.1, 0.15) is 0 Å². The fraction of sp³-hybridized carbons (Fsp3) is 0.286. The molecule has 1 aromatic heterocycles. The Kier molecular flexibility index (Phi) is 3.42. The van der Waals surface area contributed by atoms with Gasteiger partial charge in [-0.25, -0.2) is 0 Å². The molecule has 1 nitrogen and oxygen atoms in total. The standard InChI is InChI=1S/C14H16OS/c1-3-10(2)8-12(15)14-9-11-6-4-5-7-13(11)16-14/h4-7,9,12,15H,2-3,8H2,1H3. The first-order chi connectivity index (χ1) is 7.70. The van der Waals surface area contributed by atoms with Crippen LogP contribution < -0.4 is 0 Å². The molecule has 1 unspecified atom stereocenters. The molecule has 0 aliphatic heterocycles. The van der Waals surface area contributed by atoms with Crippen LogP contribution in [0, 0.1) is 0 Å². The minimum absolute atomic E-state index is 0.398. The molecule has 84 valence electrons. The molecule has 16 heavy (non-hydrogen) atoms. The zero-order chi connectivity index (χ0) is 11.5. The van der Waals surface area contributed by atoms with Crippen molar-refractivity contribution in [2.24, 2.45) is 0 Å². The summed E-state index contributed by atoms with van der Waals surface area (Å²) in [5.74, 6) is 0. The second-order valence-corrected chi connectivity index (χ2v) is 5.13. The zero-order valence-corrected chi connectivity index (χ0v) is 10.3. The van der Waals surface area contributed by atoms with Gasteiger partial charge >= 0.3 is 0 Å². The fourth-order valence-corrected chi connectivity index (χ4v) is 2.74. The van der Waals surface area contributed by atoms with Gasteiger partial charge in [0.2, 0.25) is 0 Å². The monoisotopic (exact) mass is 232 g/mol. The Balaban J connectivity index is 2.23. The summed E-state index contributed by atoms with van der Waals surface area (Å²) in [6, 6.07) is 10.3. The van der Waals surface area contributed by atoms with Crippen LogP contribution in [0.4, 0.5) is 0 Å². The van der Waals surface area contributed by atoms with Crippen LogP contribution in [0.1, 0.15) is 30.7 Å². The molecule has 0 fully saturated rings. The molecule has 1 aromatic carbocycles. The molecule has 0 radical (unpaired) electrons. The Morgan fingerprint density at radius 1 is 1.44 bits per heavy atom. The predicted octanol–water partition coefficient (Wildman–Crippen LogP) is 4.29. The third kappa shape index (κ3) is 2.34. The number of fused-ring (bicyclic) bond motifs is 1. The summed E-state index contributed by atoms with van der Waals surface area (Å²) < 4.78 is 1.23. The van der Waals surface area contributed by atoms with Crippen molar-refractivity contribution in [3.05, 3.63) is 47.4 Å². The zero-order valence-electron chi connectivity index (χ0n) is 9.44. The van der Waals surface area contributed by atoms with Crippen molar-refractivity contribution in [1.29, 1.82) is 0 Å². The van der Waals surface area contributed by atoms with E-state index in [2.05, 4.69) is 31.7 Å². The van der Waals surface area contributed by atoms with E-state index in [9.17, 15) is 5.11 Å². The highest BCUT2D eigenvalue weighted by atomic mass is 32.1. The topological polar surface area (TPSA) is 20.2 Å². The lowest BCUT2D eigenvalue weighted by Gasteiger charge is -2.08. The summed E-state index contributed by atoms with van der Waals surface area (Å²) in [6.07, 6.45) is 1.20. The van der Waals surface area contributed by atoms with Gasteiger partial charge in [-0.15, -0.1) is 11.3 Å². The lowest BCUT2D eigenvalue weighted by atomic mass is 10.1. The minimum Gasteiger partial charge on any atom is -0.387 e. The Morgan fingerprint density at radius 2 is 2.19 bits per heavy atom. The normalized spacial score (nSPS) is 12.9. The van der Waals surface area contributed by atoms with Gasteiger partial charge in [0, 0.05) is 9.58 Å². The molecular formula is C14H16OS. The van der Waals surface area contributed by atoms with Gasteiger partial charge < -0.3 is 5.11 Å². The van der Waals surface area contributed by atoms with Crippen molar-refractivity contribution in [1.82, 2.24) is 0 Å². The highest BCUT2D eigenvalue weighted by Crippen LogP contribution is 2.32. The average molecular weight is 232 g/mol. The van der Waals surface area contributed by atoms with Gasteiger partial charge in [0.15, 0.2) is 0 Å². The maximum Gasteiger partial charge on any atom is 0.0919 e. The van der Waals surface area contributed by atoms with Gasteiger partial charge in [-0.2, -0.15) is 0 Å². The Morgan fingerprint density at radius 3 is 2.88 bits per heavy atom. The summed E-state index contributed by atoms with van der Waals surface area (Å²) in [4.78, 5) is 1.04. The number of aliphatic hydroxyl groups is 1. The Hall–Kier alpha value is -1.12. The van der Waals surface area contributed by atoms with Gasteiger partial charge in [-0.05, 0) is 30.4 Å². The van der Waals surface area contributed by atoms with E-state index in [-0.39, 0.29) is 0 Å². The Bertz CT molecular complexity index is 465. The van der Waals surface area contributed by atoms with Crippen molar-refractivity contribution in [2.45, 2.75) is 25.9 Å². The highest BCUT2D eigenvalue weighted by molar-refractivity contribution is 7.19. The van der Waals surface area contributed by atoms with Crippen molar-refractivity contribution in [3.8, 4) is 0 Å². The smallest absolute Gasteiger partial charge is 0.0919 e.